The van der Waals surface area contributed by atoms with Gasteiger partial charge in [-0.1, -0.05) is 35.9 Å². The molecule has 3 aliphatic rings. The van der Waals surface area contributed by atoms with E-state index in [1.165, 1.54) is 27.8 Å². The highest BCUT2D eigenvalue weighted by atomic mass is 35.5. The quantitative estimate of drug-likeness (QED) is 0.211. The maximum Gasteiger partial charge on any atom is 0.416 e. The second-order valence-corrected chi connectivity index (χ2v) is 14.1. The number of hydrogen-bond acceptors (Lipinski definition) is 9. The lowest BCUT2D eigenvalue weighted by atomic mass is 9.85. The summed E-state index contributed by atoms with van der Waals surface area (Å²) in [7, 11) is 0. The van der Waals surface area contributed by atoms with Gasteiger partial charge in [0.15, 0.2) is 11.5 Å². The first kappa shape index (κ1) is 36.2. The van der Waals surface area contributed by atoms with Gasteiger partial charge in [0.05, 0.1) is 39.7 Å². The van der Waals surface area contributed by atoms with Gasteiger partial charge >= 0.3 is 6.18 Å². The summed E-state index contributed by atoms with van der Waals surface area (Å²) in [6.07, 6.45) is -2.49. The fraction of sp³-hybridized carbons (Fsp3) is 0.324. The lowest BCUT2D eigenvalue weighted by Crippen LogP contribution is -2.47. The molecule has 1 unspecified atom stereocenters. The third-order valence-corrected chi connectivity index (χ3v) is 10.6. The van der Waals surface area contributed by atoms with Crippen LogP contribution in [0.4, 0.5) is 18.9 Å². The Hall–Kier alpha value is -5.81. The van der Waals surface area contributed by atoms with Gasteiger partial charge in [-0.2, -0.15) is 22.7 Å². The first-order valence-corrected chi connectivity index (χ1v) is 17.8. The van der Waals surface area contributed by atoms with Gasteiger partial charge in [-0.3, -0.25) is 19.2 Å². The van der Waals surface area contributed by atoms with Crippen molar-refractivity contribution in [2.45, 2.75) is 63.1 Å². The maximum atomic E-state index is 14.5. The normalized spacial score (nSPS) is 19.1. The number of ether oxygens (including phenoxy) is 1. The number of piperidine rings is 1. The number of aromatic nitrogens is 5. The third kappa shape index (κ3) is 6.46. The Morgan fingerprint density at radius 1 is 1.11 bits per heavy atom. The lowest BCUT2D eigenvalue weighted by Gasteiger charge is -2.39. The molecule has 1 spiro atoms. The number of aromatic hydroxyl groups is 1. The molecule has 3 amide bonds. The van der Waals surface area contributed by atoms with Gasteiger partial charge in [0.25, 0.3) is 11.5 Å². The highest BCUT2D eigenvalue weighted by Gasteiger charge is 2.50. The Morgan fingerprint density at radius 3 is 2.51 bits per heavy atom. The van der Waals surface area contributed by atoms with Gasteiger partial charge in [-0.15, -0.1) is 5.10 Å². The molecular formula is C37H32ClF3N8O6. The van der Waals surface area contributed by atoms with Crippen molar-refractivity contribution in [3.05, 3.63) is 104 Å². The highest BCUT2D eigenvalue weighted by Crippen LogP contribution is 2.48. The number of carbonyl (C=O) groups excluding carboxylic acids is 3. The van der Waals surface area contributed by atoms with Gasteiger partial charge in [0.2, 0.25) is 17.6 Å². The number of halogens is 4. The van der Waals surface area contributed by atoms with Crippen molar-refractivity contribution in [2.75, 3.05) is 18.4 Å². The molecule has 8 rings (SSSR count). The van der Waals surface area contributed by atoms with E-state index < -0.39 is 47.4 Å². The average Bonchev–Trinajstić information content (AvgIpc) is 3.87. The number of benzene rings is 2. The Labute approximate surface area is 314 Å². The van der Waals surface area contributed by atoms with Gasteiger partial charge in [-0.05, 0) is 62.1 Å². The summed E-state index contributed by atoms with van der Waals surface area (Å²) in [5.74, 6) is -1.24. The first-order valence-electron chi connectivity index (χ1n) is 17.4. The molecule has 2 saturated heterocycles. The van der Waals surface area contributed by atoms with Gasteiger partial charge in [0.1, 0.15) is 17.9 Å². The molecule has 6 heterocycles. The molecule has 3 aliphatic heterocycles. The zero-order valence-corrected chi connectivity index (χ0v) is 29.8. The molecular weight excluding hydrogens is 745 g/mol. The number of anilines is 1. The van der Waals surface area contributed by atoms with Gasteiger partial charge in [-0.25, -0.2) is 4.98 Å². The van der Waals surface area contributed by atoms with Crippen LogP contribution >= 0.6 is 11.6 Å². The van der Waals surface area contributed by atoms with Crippen molar-refractivity contribution in [3.8, 4) is 17.1 Å². The third-order valence-electron chi connectivity index (χ3n) is 10.3. The van der Waals surface area contributed by atoms with E-state index in [2.05, 4.69) is 20.7 Å². The highest BCUT2D eigenvalue weighted by molar-refractivity contribution is 6.33. The van der Waals surface area contributed by atoms with Crippen molar-refractivity contribution in [3.63, 3.8) is 0 Å². The van der Waals surface area contributed by atoms with Crippen molar-refractivity contribution in [2.24, 2.45) is 0 Å². The Morgan fingerprint density at radius 2 is 1.85 bits per heavy atom. The van der Waals surface area contributed by atoms with Crippen LogP contribution in [0.15, 0.2) is 65.6 Å². The van der Waals surface area contributed by atoms with Crippen LogP contribution < -0.4 is 16.2 Å². The number of nitrogens with one attached hydrogen (secondary N) is 2. The molecule has 2 fully saturated rings. The van der Waals surface area contributed by atoms with Crippen LogP contribution in [0.3, 0.4) is 0 Å². The molecule has 0 radical (unpaired) electrons. The summed E-state index contributed by atoms with van der Waals surface area (Å²) < 4.78 is 49.0. The van der Waals surface area contributed by atoms with Crippen molar-refractivity contribution >= 4 is 40.8 Å². The van der Waals surface area contributed by atoms with E-state index in [1.54, 1.807) is 19.1 Å². The minimum Gasteiger partial charge on any atom is -0.505 e. The summed E-state index contributed by atoms with van der Waals surface area (Å²) in [4.78, 5) is 63.5. The number of pyridine rings is 1. The van der Waals surface area contributed by atoms with E-state index in [0.717, 1.165) is 28.3 Å². The molecule has 5 aromatic rings. The maximum absolute atomic E-state index is 14.5. The van der Waals surface area contributed by atoms with E-state index in [-0.39, 0.29) is 77.2 Å². The zero-order chi connectivity index (χ0) is 38.8. The first-order chi connectivity index (χ1) is 26.2. The Bertz CT molecular complexity index is 2440. The van der Waals surface area contributed by atoms with E-state index in [1.807, 2.05) is 12.1 Å². The number of carbonyl (C=O) groups is 3. The van der Waals surface area contributed by atoms with Crippen LogP contribution in [0, 0.1) is 0 Å². The largest absolute Gasteiger partial charge is 0.505 e. The number of likely N-dealkylation sites (tertiary alicyclic amines) is 1. The average molecular weight is 777 g/mol. The Kier molecular flexibility index (Phi) is 8.87. The summed E-state index contributed by atoms with van der Waals surface area (Å²) in [5.41, 5.74) is -0.777. The molecule has 2 aromatic carbocycles. The van der Waals surface area contributed by atoms with Crippen LogP contribution in [-0.4, -0.2) is 65.0 Å². The summed E-state index contributed by atoms with van der Waals surface area (Å²) >= 11 is 6.15. The fourth-order valence-corrected chi connectivity index (χ4v) is 7.89. The smallest absolute Gasteiger partial charge is 0.416 e. The number of alkyl halides is 3. The molecule has 0 saturated carbocycles. The van der Waals surface area contributed by atoms with Crippen LogP contribution in [0.2, 0.25) is 5.02 Å². The lowest BCUT2D eigenvalue weighted by molar-refractivity contribution is -0.137. The topological polar surface area (TPSA) is 173 Å². The number of rotatable bonds is 6. The molecule has 0 aliphatic carbocycles. The summed E-state index contributed by atoms with van der Waals surface area (Å²) in [6.45, 7) is 1.59. The van der Waals surface area contributed by atoms with Crippen LogP contribution in [0.1, 0.15) is 77.6 Å². The second kappa shape index (κ2) is 13.5. The van der Waals surface area contributed by atoms with Crippen molar-refractivity contribution in [1.29, 1.82) is 0 Å². The molecule has 2 atom stereocenters. The number of amides is 3. The van der Waals surface area contributed by atoms with Crippen LogP contribution in [-0.2, 0) is 32.6 Å². The molecule has 0 bridgehead atoms. The predicted octanol–water partition coefficient (Wildman–Crippen LogP) is 5.14. The molecule has 3 aromatic heterocycles. The number of hydrogen-bond donors (Lipinski definition) is 3. The standard InChI is InChI=1S/C37H32ClF3N8O6/c1-19-31-29(36(55-19)12-15-47(16-13-36)34(54)30-26(50)3-2-14-42-30)33(53)49-35(45-32(46-49)21-6-4-20(5-7-21)24-10-11-27(51)43-24)48(31)18-28(52)44-25-9-8-22(17-23(25)38)37(39,40)41/h2-9,14,17,19,24,50H,10-13,15-16,18H2,1H3,(H,43,51)(H,44,52)/t19-,24?/m1/s1. The minimum absolute atomic E-state index is 0.0188. The summed E-state index contributed by atoms with van der Waals surface area (Å²) in [5, 5.41) is 20.0. The number of nitrogens with zero attached hydrogens (tertiary/aromatic N) is 6. The Balaban J connectivity index is 1.17. The van der Waals surface area contributed by atoms with E-state index in [0.29, 0.717) is 24.1 Å². The zero-order valence-electron chi connectivity index (χ0n) is 29.1. The molecule has 14 nitrogen and oxygen atoms in total. The molecule has 55 heavy (non-hydrogen) atoms. The molecule has 18 heteroatoms. The fourth-order valence-electron chi connectivity index (χ4n) is 7.66. The van der Waals surface area contributed by atoms with E-state index in [9.17, 15) is 37.5 Å². The van der Waals surface area contributed by atoms with Gasteiger partial charge < -0.3 is 29.9 Å². The molecule has 284 valence electrons. The monoisotopic (exact) mass is 776 g/mol. The van der Waals surface area contributed by atoms with Crippen LogP contribution in [0.25, 0.3) is 17.2 Å². The summed E-state index contributed by atoms with van der Waals surface area (Å²) in [6, 6.07) is 12.6. The van der Waals surface area contributed by atoms with Crippen molar-refractivity contribution < 1.29 is 37.4 Å². The SMILES string of the molecule is C[C@H]1OC2(CCN(C(=O)c3ncccc3O)CC2)c2c1n(CC(=O)Nc1ccc(C(F)(F)F)cc1Cl)c1nc(-c3ccc(C4CCC(=O)N4)cc3)nn1c2=O. The molecule has 3 N–H and O–H groups in total. The van der Waals surface area contributed by atoms with E-state index in [4.69, 9.17) is 21.3 Å². The predicted molar refractivity (Wildman–Crippen MR) is 190 cm³/mol. The number of fused-ring (bicyclic) bond motifs is 3. The minimum atomic E-state index is -4.64. The van der Waals surface area contributed by atoms with Crippen molar-refractivity contribution in [1.82, 2.24) is 34.4 Å². The van der Waals surface area contributed by atoms with Crippen LogP contribution in [0.5, 0.6) is 5.75 Å². The van der Waals surface area contributed by atoms with E-state index >= 15 is 0 Å². The second-order valence-electron chi connectivity index (χ2n) is 13.7. The van der Waals surface area contributed by atoms with Gasteiger partial charge in [0, 0.05) is 31.3 Å².